The van der Waals surface area contributed by atoms with E-state index in [1.807, 2.05) is 55.4 Å². The van der Waals surface area contributed by atoms with Gasteiger partial charge in [0.1, 0.15) is 0 Å². The van der Waals surface area contributed by atoms with E-state index in [2.05, 4.69) is 43.1 Å². The topological polar surface area (TPSA) is 52.7 Å². The minimum absolute atomic E-state index is 0.00579. The van der Waals surface area contributed by atoms with Crippen LogP contribution >= 0.6 is 0 Å². The van der Waals surface area contributed by atoms with Crippen LogP contribution in [0.1, 0.15) is 51.2 Å². The molecule has 5 nitrogen and oxygen atoms in total. The highest BCUT2D eigenvalue weighted by molar-refractivity contribution is 5.91. The molecule has 1 saturated carbocycles. The first-order chi connectivity index (χ1) is 14.6. The van der Waals surface area contributed by atoms with Gasteiger partial charge in [-0.1, -0.05) is 51.1 Å². The molecule has 166 valence electrons. The summed E-state index contributed by atoms with van der Waals surface area (Å²) in [5, 5.41) is 3.03. The third-order valence-electron chi connectivity index (χ3n) is 5.35. The molecule has 1 N–H and O–H groups in total. The summed E-state index contributed by atoms with van der Waals surface area (Å²) in [4.78, 5) is 29.5. The summed E-state index contributed by atoms with van der Waals surface area (Å²) < 4.78 is 0. The Balaban J connectivity index is 1.84. The van der Waals surface area contributed by atoms with E-state index in [-0.39, 0.29) is 23.1 Å². The average molecular weight is 422 g/mol. The first-order valence-corrected chi connectivity index (χ1v) is 11.1. The lowest BCUT2D eigenvalue weighted by Crippen LogP contribution is -2.32. The molecule has 1 aliphatic rings. The molecule has 5 heteroatoms. The van der Waals surface area contributed by atoms with Gasteiger partial charge >= 0.3 is 0 Å². The minimum Gasteiger partial charge on any atom is -0.377 e. The molecule has 0 aromatic heterocycles. The Morgan fingerprint density at radius 2 is 1.68 bits per heavy atom. The molecule has 0 saturated heterocycles. The van der Waals surface area contributed by atoms with Crippen LogP contribution in [0.5, 0.6) is 0 Å². The van der Waals surface area contributed by atoms with Gasteiger partial charge in [-0.25, -0.2) is 0 Å². The van der Waals surface area contributed by atoms with Gasteiger partial charge in [0, 0.05) is 50.9 Å². The van der Waals surface area contributed by atoms with E-state index in [4.69, 9.17) is 0 Å². The molecule has 1 aliphatic carbocycles. The molecule has 1 fully saturated rings. The molecule has 0 aliphatic heterocycles. The van der Waals surface area contributed by atoms with Crippen LogP contribution in [0.2, 0.25) is 0 Å². The minimum atomic E-state index is -0.0698. The van der Waals surface area contributed by atoms with Crippen molar-refractivity contribution in [3.63, 3.8) is 0 Å². The van der Waals surface area contributed by atoms with Crippen molar-refractivity contribution in [2.24, 2.45) is 11.3 Å². The van der Waals surface area contributed by atoms with Crippen LogP contribution in [-0.2, 0) is 22.7 Å². The van der Waals surface area contributed by atoms with Crippen molar-refractivity contribution in [3.8, 4) is 0 Å². The molecular weight excluding hydrogens is 386 g/mol. The monoisotopic (exact) mass is 421 g/mol. The molecule has 2 amide bonds. The summed E-state index contributed by atoms with van der Waals surface area (Å²) in [6.07, 6.45) is 2.42. The van der Waals surface area contributed by atoms with E-state index >= 15 is 0 Å². The smallest absolute Gasteiger partial charge is 0.226 e. The fourth-order valence-electron chi connectivity index (χ4n) is 3.72. The summed E-state index contributed by atoms with van der Waals surface area (Å²) in [5.41, 5.74) is 3.91. The molecule has 0 unspecified atom stereocenters. The second-order valence-electron chi connectivity index (χ2n) is 9.98. The van der Waals surface area contributed by atoms with Crippen LogP contribution in [0, 0.1) is 11.3 Å². The zero-order chi connectivity index (χ0) is 22.6. The summed E-state index contributed by atoms with van der Waals surface area (Å²) in [6.45, 7) is 7.26. The number of nitrogens with one attached hydrogen (secondary N) is 1. The van der Waals surface area contributed by atoms with Crippen LogP contribution in [-0.4, -0.2) is 30.8 Å². The lowest BCUT2D eigenvalue weighted by atomic mass is 9.92. The fraction of sp³-hybridized carbons (Fsp3) is 0.462. The van der Waals surface area contributed by atoms with Crippen LogP contribution in [0.25, 0.3) is 0 Å². The third kappa shape index (κ3) is 6.84. The second-order valence-corrected chi connectivity index (χ2v) is 9.98. The maximum atomic E-state index is 13.1. The van der Waals surface area contributed by atoms with Crippen molar-refractivity contribution >= 4 is 23.2 Å². The van der Waals surface area contributed by atoms with Crippen molar-refractivity contribution < 1.29 is 9.59 Å². The molecular formula is C26H35N3O2. The quantitative estimate of drug-likeness (QED) is 0.648. The number of carbonyl (C=O) groups is 2. The Bertz CT molecular complexity index is 912. The largest absolute Gasteiger partial charge is 0.377 e. The second kappa shape index (κ2) is 9.54. The summed E-state index contributed by atoms with van der Waals surface area (Å²) >= 11 is 0. The Morgan fingerprint density at radius 3 is 2.26 bits per heavy atom. The predicted molar refractivity (Wildman–Crippen MR) is 127 cm³/mol. The number of hydrogen-bond acceptors (Lipinski definition) is 3. The van der Waals surface area contributed by atoms with E-state index in [0.717, 1.165) is 35.3 Å². The first kappa shape index (κ1) is 22.9. The van der Waals surface area contributed by atoms with Gasteiger partial charge in [-0.3, -0.25) is 9.59 Å². The maximum absolute atomic E-state index is 13.1. The number of hydrogen-bond donors (Lipinski definition) is 1. The van der Waals surface area contributed by atoms with Gasteiger partial charge in [-0.05, 0) is 47.6 Å². The highest BCUT2D eigenvalue weighted by Crippen LogP contribution is 2.33. The molecule has 31 heavy (non-hydrogen) atoms. The van der Waals surface area contributed by atoms with E-state index in [1.54, 1.807) is 0 Å². The fourth-order valence-corrected chi connectivity index (χ4v) is 3.72. The maximum Gasteiger partial charge on any atom is 0.226 e. The zero-order valence-electron chi connectivity index (χ0n) is 19.4. The summed E-state index contributed by atoms with van der Waals surface area (Å²) in [7, 11) is 4.00. The molecule has 0 heterocycles. The van der Waals surface area contributed by atoms with Gasteiger partial charge in [0.05, 0.1) is 0 Å². The first-order valence-electron chi connectivity index (χ1n) is 11.1. The predicted octanol–water partition coefficient (Wildman–Crippen LogP) is 5.07. The van der Waals surface area contributed by atoms with Crippen molar-refractivity contribution in [3.05, 3.63) is 59.7 Å². The Labute approximate surface area is 186 Å². The highest BCUT2D eigenvalue weighted by atomic mass is 16.2. The number of anilines is 2. The van der Waals surface area contributed by atoms with Crippen LogP contribution in [0.3, 0.4) is 0 Å². The summed E-state index contributed by atoms with van der Waals surface area (Å²) in [6, 6.07) is 16.1. The van der Waals surface area contributed by atoms with E-state index in [9.17, 15) is 9.59 Å². The van der Waals surface area contributed by atoms with Crippen molar-refractivity contribution in [1.82, 2.24) is 4.90 Å². The average Bonchev–Trinajstić information content (AvgIpc) is 3.51. The number of rotatable bonds is 8. The van der Waals surface area contributed by atoms with Gasteiger partial charge in [0.25, 0.3) is 0 Å². The Morgan fingerprint density at radius 1 is 1.00 bits per heavy atom. The van der Waals surface area contributed by atoms with Crippen LogP contribution in [0.15, 0.2) is 48.5 Å². The normalized spacial score (nSPS) is 13.6. The molecule has 3 rings (SSSR count). The van der Waals surface area contributed by atoms with Crippen LogP contribution < -0.4 is 10.2 Å². The van der Waals surface area contributed by atoms with E-state index in [0.29, 0.717) is 19.5 Å². The van der Waals surface area contributed by atoms with Gasteiger partial charge < -0.3 is 15.1 Å². The lowest BCUT2D eigenvalue weighted by molar-refractivity contribution is -0.133. The van der Waals surface area contributed by atoms with Gasteiger partial charge in [-0.2, -0.15) is 0 Å². The van der Waals surface area contributed by atoms with Crippen molar-refractivity contribution in [2.75, 3.05) is 24.3 Å². The Kier molecular flexibility index (Phi) is 7.04. The van der Waals surface area contributed by atoms with Gasteiger partial charge in [-0.15, -0.1) is 0 Å². The number of benzene rings is 2. The van der Waals surface area contributed by atoms with Crippen LogP contribution in [0.4, 0.5) is 11.4 Å². The number of carbonyl (C=O) groups excluding carboxylic acids is 2. The SMILES string of the molecule is CN(C)c1ccc(NC(=O)CC(C)(C)C)cc1CN(Cc1ccccc1)C(=O)C1CC1. The van der Waals surface area contributed by atoms with Crippen molar-refractivity contribution in [2.45, 2.75) is 53.1 Å². The molecule has 0 radical (unpaired) electrons. The summed E-state index contributed by atoms with van der Waals surface area (Å²) in [5.74, 6) is 0.378. The lowest BCUT2D eigenvalue weighted by Gasteiger charge is -2.27. The van der Waals surface area contributed by atoms with Gasteiger partial charge in [0.15, 0.2) is 0 Å². The Hall–Kier alpha value is -2.82. The standard InChI is InChI=1S/C26H35N3O2/c1-26(2,3)16-24(30)27-22-13-14-23(28(4)5)21(15-22)18-29(25(31)20-11-12-20)17-19-9-7-6-8-10-19/h6-10,13-15,20H,11-12,16-18H2,1-5H3,(H,27,30). The molecule has 2 aromatic carbocycles. The van der Waals surface area contributed by atoms with E-state index in [1.165, 1.54) is 0 Å². The van der Waals surface area contributed by atoms with Crippen molar-refractivity contribution in [1.29, 1.82) is 0 Å². The van der Waals surface area contributed by atoms with E-state index < -0.39 is 0 Å². The number of amides is 2. The molecule has 0 spiro atoms. The molecule has 2 aromatic rings. The highest BCUT2D eigenvalue weighted by Gasteiger charge is 2.33. The zero-order valence-corrected chi connectivity index (χ0v) is 19.4. The van der Waals surface area contributed by atoms with Gasteiger partial charge in [0.2, 0.25) is 11.8 Å². The molecule has 0 atom stereocenters. The number of nitrogens with zero attached hydrogens (tertiary/aromatic N) is 2. The third-order valence-corrected chi connectivity index (χ3v) is 5.35. The molecule has 0 bridgehead atoms.